The fourth-order valence-electron chi connectivity index (χ4n) is 1.55. The molecular formula is C13H9NS. The normalized spacial score (nSPS) is 15.9. The molecule has 0 atom stereocenters. The molecule has 0 aliphatic carbocycles. The Balaban J connectivity index is 1.97. The number of hydrogen-bond acceptors (Lipinski definition) is 2. The van der Waals surface area contributed by atoms with Crippen LogP contribution in [0.3, 0.4) is 0 Å². The molecule has 0 aromatic heterocycles. The van der Waals surface area contributed by atoms with Gasteiger partial charge in [0.15, 0.2) is 0 Å². The highest BCUT2D eigenvalue weighted by molar-refractivity contribution is 8.16. The molecule has 1 heterocycles. The molecule has 2 aromatic carbocycles. The highest BCUT2D eigenvalue weighted by Gasteiger charge is 2.20. The van der Waals surface area contributed by atoms with E-state index in [1.54, 1.807) is 11.8 Å². The maximum atomic E-state index is 4.59. The minimum Gasteiger partial charge on any atom is -0.241 e. The zero-order chi connectivity index (χ0) is 10.1. The Bertz CT molecular complexity index is 517. The molecular weight excluding hydrogens is 202 g/mol. The first-order valence-electron chi connectivity index (χ1n) is 4.84. The second kappa shape index (κ2) is 3.55. The van der Waals surface area contributed by atoms with Crippen molar-refractivity contribution in [1.82, 2.24) is 0 Å². The minimum atomic E-state index is 1.02. The van der Waals surface area contributed by atoms with E-state index < -0.39 is 0 Å². The Kier molecular flexibility index (Phi) is 2.07. The van der Waals surface area contributed by atoms with E-state index in [-0.39, 0.29) is 0 Å². The minimum absolute atomic E-state index is 1.02. The second-order valence-electron chi connectivity index (χ2n) is 3.35. The van der Waals surface area contributed by atoms with Crippen LogP contribution in [0.15, 0.2) is 64.5 Å². The lowest BCUT2D eigenvalue weighted by atomic mass is 10.2. The second-order valence-corrected chi connectivity index (χ2v) is 4.38. The fourth-order valence-corrected chi connectivity index (χ4v) is 2.46. The lowest BCUT2D eigenvalue weighted by molar-refractivity contribution is 1.39. The number of fused-ring (bicyclic) bond motifs is 1. The standard InChI is InChI=1S/C13H9NS/c1-2-6-10(7-3-1)14-13-11-8-4-5-9-12(11)15-13/h1-9H. The number of benzene rings is 2. The Morgan fingerprint density at radius 1 is 0.800 bits per heavy atom. The number of nitrogens with zero attached hydrogens (tertiary/aromatic N) is 1. The molecule has 0 bridgehead atoms. The van der Waals surface area contributed by atoms with Gasteiger partial charge in [0, 0.05) is 10.5 Å². The molecule has 15 heavy (non-hydrogen) atoms. The number of hydrogen-bond donors (Lipinski definition) is 0. The predicted molar refractivity (Wildman–Crippen MR) is 64.9 cm³/mol. The zero-order valence-electron chi connectivity index (χ0n) is 8.05. The van der Waals surface area contributed by atoms with Crippen LogP contribution in [0.1, 0.15) is 5.56 Å². The van der Waals surface area contributed by atoms with Crippen LogP contribution in [-0.2, 0) is 0 Å². The average molecular weight is 211 g/mol. The summed E-state index contributed by atoms with van der Waals surface area (Å²) in [5, 5.41) is 1.12. The van der Waals surface area contributed by atoms with Crippen LogP contribution in [0.25, 0.3) is 0 Å². The molecule has 2 heteroatoms. The van der Waals surface area contributed by atoms with Crippen molar-refractivity contribution in [3.05, 3.63) is 60.2 Å². The van der Waals surface area contributed by atoms with Gasteiger partial charge in [-0.25, -0.2) is 4.99 Å². The molecule has 0 amide bonds. The van der Waals surface area contributed by atoms with Gasteiger partial charge < -0.3 is 0 Å². The number of thioether (sulfide) groups is 1. The van der Waals surface area contributed by atoms with E-state index in [1.165, 1.54) is 10.5 Å². The third-order valence-corrected chi connectivity index (χ3v) is 3.39. The van der Waals surface area contributed by atoms with Crippen molar-refractivity contribution in [2.24, 2.45) is 4.99 Å². The van der Waals surface area contributed by atoms with Gasteiger partial charge in [-0.3, -0.25) is 0 Å². The summed E-state index contributed by atoms with van der Waals surface area (Å²) in [5.74, 6) is 0. The third-order valence-electron chi connectivity index (χ3n) is 2.31. The van der Waals surface area contributed by atoms with Crippen molar-refractivity contribution in [1.29, 1.82) is 0 Å². The van der Waals surface area contributed by atoms with Crippen LogP contribution in [0.4, 0.5) is 5.69 Å². The lowest BCUT2D eigenvalue weighted by Gasteiger charge is -2.19. The molecule has 72 valence electrons. The van der Waals surface area contributed by atoms with E-state index in [9.17, 15) is 0 Å². The Morgan fingerprint density at radius 2 is 1.53 bits per heavy atom. The van der Waals surface area contributed by atoms with Crippen LogP contribution in [0, 0.1) is 0 Å². The fraction of sp³-hybridized carbons (Fsp3) is 0. The maximum Gasteiger partial charge on any atom is 0.110 e. The first-order valence-corrected chi connectivity index (χ1v) is 5.66. The summed E-state index contributed by atoms with van der Waals surface area (Å²) >= 11 is 1.74. The van der Waals surface area contributed by atoms with Crippen molar-refractivity contribution in [3.8, 4) is 0 Å². The predicted octanol–water partition coefficient (Wildman–Crippen LogP) is 3.87. The van der Waals surface area contributed by atoms with E-state index in [0.29, 0.717) is 0 Å². The summed E-state index contributed by atoms with van der Waals surface area (Å²) in [6.45, 7) is 0. The van der Waals surface area contributed by atoms with Crippen molar-refractivity contribution in [3.63, 3.8) is 0 Å². The Hall–Kier alpha value is -1.54. The van der Waals surface area contributed by atoms with Gasteiger partial charge >= 0.3 is 0 Å². The summed E-state index contributed by atoms with van der Waals surface area (Å²) in [6, 6.07) is 18.4. The van der Waals surface area contributed by atoms with Gasteiger partial charge in [-0.05, 0) is 18.2 Å². The van der Waals surface area contributed by atoms with Gasteiger partial charge in [0.05, 0.1) is 5.69 Å². The first kappa shape index (κ1) is 8.74. The lowest BCUT2D eigenvalue weighted by Crippen LogP contribution is -2.07. The molecule has 0 saturated heterocycles. The molecule has 0 radical (unpaired) electrons. The molecule has 0 N–H and O–H groups in total. The van der Waals surface area contributed by atoms with Gasteiger partial charge in [0.2, 0.25) is 0 Å². The molecule has 1 nitrogen and oxygen atoms in total. The largest absolute Gasteiger partial charge is 0.241 e. The monoisotopic (exact) mass is 211 g/mol. The molecule has 0 unspecified atom stereocenters. The summed E-state index contributed by atoms with van der Waals surface area (Å²) in [6.07, 6.45) is 0. The van der Waals surface area contributed by atoms with E-state index in [1.807, 2.05) is 30.3 Å². The molecule has 0 saturated carbocycles. The summed E-state index contributed by atoms with van der Waals surface area (Å²) in [4.78, 5) is 5.91. The molecule has 3 rings (SSSR count). The topological polar surface area (TPSA) is 12.4 Å². The third kappa shape index (κ3) is 1.57. The van der Waals surface area contributed by atoms with Crippen LogP contribution in [0.5, 0.6) is 0 Å². The van der Waals surface area contributed by atoms with Crippen LogP contribution >= 0.6 is 11.8 Å². The van der Waals surface area contributed by atoms with Crippen LogP contribution < -0.4 is 0 Å². The van der Waals surface area contributed by atoms with E-state index in [2.05, 4.69) is 29.3 Å². The smallest absolute Gasteiger partial charge is 0.110 e. The maximum absolute atomic E-state index is 4.59. The molecule has 2 aromatic rings. The number of para-hydroxylation sites is 1. The quantitative estimate of drug-likeness (QED) is 0.697. The molecule has 1 aliphatic heterocycles. The SMILES string of the molecule is c1ccc(N=C2Sc3ccccc32)cc1. The van der Waals surface area contributed by atoms with Crippen LogP contribution in [-0.4, -0.2) is 5.04 Å². The van der Waals surface area contributed by atoms with Crippen molar-refractivity contribution in [2.45, 2.75) is 4.90 Å². The van der Waals surface area contributed by atoms with Gasteiger partial charge in [-0.15, -0.1) is 0 Å². The summed E-state index contributed by atoms with van der Waals surface area (Å²) in [5.41, 5.74) is 2.29. The van der Waals surface area contributed by atoms with Gasteiger partial charge in [-0.1, -0.05) is 48.2 Å². The van der Waals surface area contributed by atoms with Gasteiger partial charge in [0.1, 0.15) is 5.04 Å². The summed E-state index contributed by atoms with van der Waals surface area (Å²) < 4.78 is 0. The average Bonchev–Trinajstić information content (AvgIpc) is 2.27. The van der Waals surface area contributed by atoms with E-state index in [4.69, 9.17) is 0 Å². The number of rotatable bonds is 1. The zero-order valence-corrected chi connectivity index (χ0v) is 8.87. The van der Waals surface area contributed by atoms with Gasteiger partial charge in [-0.2, -0.15) is 0 Å². The Labute approximate surface area is 92.9 Å². The van der Waals surface area contributed by atoms with Crippen molar-refractivity contribution < 1.29 is 0 Å². The van der Waals surface area contributed by atoms with E-state index in [0.717, 1.165) is 10.7 Å². The Morgan fingerprint density at radius 3 is 2.33 bits per heavy atom. The highest BCUT2D eigenvalue weighted by Crippen LogP contribution is 2.39. The number of aliphatic imine (C=N–C) groups is 1. The first-order chi connectivity index (χ1) is 7.43. The van der Waals surface area contributed by atoms with E-state index >= 15 is 0 Å². The molecule has 0 fully saturated rings. The van der Waals surface area contributed by atoms with Crippen molar-refractivity contribution >= 4 is 22.5 Å². The highest BCUT2D eigenvalue weighted by atomic mass is 32.2. The summed E-state index contributed by atoms with van der Waals surface area (Å²) in [7, 11) is 0. The molecule has 0 spiro atoms. The van der Waals surface area contributed by atoms with Gasteiger partial charge in [0.25, 0.3) is 0 Å². The molecule has 1 aliphatic rings. The van der Waals surface area contributed by atoms with Crippen molar-refractivity contribution in [2.75, 3.05) is 0 Å². The van der Waals surface area contributed by atoms with Crippen LogP contribution in [0.2, 0.25) is 0 Å².